The fourth-order valence-corrected chi connectivity index (χ4v) is 1.80. The molecule has 0 atom stereocenters. The van der Waals surface area contributed by atoms with E-state index < -0.39 is 7.27 Å². The molecule has 0 aromatic heterocycles. The first-order chi connectivity index (χ1) is 6.70. The number of fused-ring (bicyclic) bond motifs is 1. The first-order valence-electron chi connectivity index (χ1n) is 4.15. The summed E-state index contributed by atoms with van der Waals surface area (Å²) >= 11 is 5.87. The largest absolute Gasteiger partial charge is 0.572 e. The van der Waals surface area contributed by atoms with Crippen molar-refractivity contribution in [3.05, 3.63) is 41.4 Å². The summed E-state index contributed by atoms with van der Waals surface area (Å²) in [4.78, 5) is 0. The molecule has 0 nitrogen and oxygen atoms in total. The summed E-state index contributed by atoms with van der Waals surface area (Å²) < 4.78 is 25.2. The third kappa shape index (κ3) is 2.81. The van der Waals surface area contributed by atoms with Crippen LogP contribution in [0.25, 0.3) is 10.8 Å². The Morgan fingerprint density at radius 1 is 1.00 bits per heavy atom. The molecule has 2 rings (SSSR count). The zero-order chi connectivity index (χ0) is 10.1. The minimum atomic E-state index is -2.49. The van der Waals surface area contributed by atoms with Crippen LogP contribution in [-0.2, 0) is 0 Å². The van der Waals surface area contributed by atoms with Gasteiger partial charge in [-0.3, -0.25) is 8.63 Å². The van der Waals surface area contributed by atoms with Crippen molar-refractivity contribution in [1.82, 2.24) is 0 Å². The van der Waals surface area contributed by atoms with Crippen LogP contribution in [0.5, 0.6) is 0 Å². The van der Waals surface area contributed by atoms with Gasteiger partial charge in [-0.25, -0.2) is 0 Å². The summed E-state index contributed by atoms with van der Waals surface area (Å²) in [5.74, 6) is 0. The van der Waals surface area contributed by atoms with E-state index in [1.807, 2.05) is 0 Å². The van der Waals surface area contributed by atoms with Gasteiger partial charge in [0.05, 0.1) is 0 Å². The predicted octanol–water partition coefficient (Wildman–Crippen LogP) is 2.75. The van der Waals surface area contributed by atoms with E-state index in [1.54, 1.807) is 30.3 Å². The molecule has 0 fully saturated rings. The van der Waals surface area contributed by atoms with E-state index >= 15 is 0 Å². The van der Waals surface area contributed by atoms with E-state index in [2.05, 4.69) is 0 Å². The second kappa shape index (κ2) is 5.75. The van der Waals surface area contributed by atoms with Crippen LogP contribution >= 0.6 is 11.6 Å². The van der Waals surface area contributed by atoms with Gasteiger partial charge in [-0.2, -0.15) is 0 Å². The smallest absolute Gasteiger partial charge is 0.281 e. The maximum atomic E-state index is 12.6. The van der Waals surface area contributed by atoms with Gasteiger partial charge < -0.3 is 0 Å². The predicted molar refractivity (Wildman–Crippen MR) is 62.3 cm³/mol. The quantitative estimate of drug-likeness (QED) is 0.682. The normalized spacial score (nSPS) is 9.80. The second-order valence-corrected chi connectivity index (χ2v) is 3.39. The first-order valence-corrected chi connectivity index (χ1v) is 4.53. The Morgan fingerprint density at radius 2 is 1.60 bits per heavy atom. The van der Waals surface area contributed by atoms with Crippen LogP contribution in [0, 0.1) is 0 Å². The van der Waals surface area contributed by atoms with Crippen molar-refractivity contribution in [3.8, 4) is 0 Å². The van der Waals surface area contributed by atoms with Gasteiger partial charge in [0, 0.05) is 67.3 Å². The third-order valence-electron chi connectivity index (χ3n) is 2.12. The van der Waals surface area contributed by atoms with Crippen molar-refractivity contribution in [2.75, 3.05) is 0 Å². The molecule has 0 aliphatic heterocycles. The molecule has 5 heteroatoms. The van der Waals surface area contributed by atoms with Crippen molar-refractivity contribution >= 4 is 86.5 Å². The Bertz CT molecular complexity index is 471. The number of hydrogen-bond donors (Lipinski definition) is 0. The molecule has 2 aromatic carbocycles. The maximum Gasteiger partial charge on any atom is 0.572 e. The Hall–Kier alpha value is 0.551. The molecule has 0 unspecified atom stereocenters. The fourth-order valence-electron chi connectivity index (χ4n) is 1.50. The van der Waals surface area contributed by atoms with Crippen molar-refractivity contribution < 1.29 is 8.63 Å². The molecule has 0 N–H and O–H groups in total. The molecule has 0 saturated heterocycles. The van der Waals surface area contributed by atoms with Gasteiger partial charge in [0.2, 0.25) is 0 Å². The van der Waals surface area contributed by atoms with E-state index in [0.29, 0.717) is 10.4 Å². The van der Waals surface area contributed by atoms with Crippen LogP contribution < -0.4 is 5.46 Å². The van der Waals surface area contributed by atoms with Crippen LogP contribution in [0.4, 0.5) is 8.63 Å². The van der Waals surface area contributed by atoms with Crippen LogP contribution in [0.2, 0.25) is 5.02 Å². The van der Waals surface area contributed by atoms with Gasteiger partial charge in [-0.15, -0.1) is 0 Å². The number of halogens is 3. The number of benzene rings is 2. The van der Waals surface area contributed by atoms with E-state index in [-0.39, 0.29) is 56.8 Å². The second-order valence-electron chi connectivity index (χ2n) is 2.99. The Morgan fingerprint density at radius 3 is 2.20 bits per heavy atom. The maximum absolute atomic E-state index is 12.6. The summed E-state index contributed by atoms with van der Waals surface area (Å²) in [6.45, 7) is 0. The van der Waals surface area contributed by atoms with Crippen LogP contribution in [0.3, 0.4) is 0 Å². The molecular weight excluding hydrogens is 243 g/mol. The topological polar surface area (TPSA) is 0 Å². The summed E-state index contributed by atoms with van der Waals surface area (Å²) in [6, 6.07) is 9.93. The molecule has 0 spiro atoms. The molecule has 2 aromatic rings. The third-order valence-corrected chi connectivity index (χ3v) is 2.44. The zero-order valence-corrected chi connectivity index (χ0v) is 12.1. The molecule has 0 bridgehead atoms. The summed E-state index contributed by atoms with van der Waals surface area (Å²) in [7, 11) is -2.49. The van der Waals surface area contributed by atoms with Crippen molar-refractivity contribution in [3.63, 3.8) is 0 Å². The SMILES string of the molecule is FB(F)c1cccc2cccc(Cl)c12.[K]. The van der Waals surface area contributed by atoms with Gasteiger partial charge in [0.1, 0.15) is 0 Å². The van der Waals surface area contributed by atoms with E-state index in [4.69, 9.17) is 11.6 Å². The van der Waals surface area contributed by atoms with Crippen LogP contribution in [0.15, 0.2) is 36.4 Å². The molecule has 0 heterocycles. The fraction of sp³-hybridized carbons (Fsp3) is 0. The van der Waals surface area contributed by atoms with Gasteiger partial charge in [0.15, 0.2) is 0 Å². The molecule has 0 aliphatic rings. The number of rotatable bonds is 1. The Balaban J connectivity index is 0.00000112. The molecule has 0 amide bonds. The van der Waals surface area contributed by atoms with Crippen molar-refractivity contribution in [1.29, 1.82) is 0 Å². The molecule has 15 heavy (non-hydrogen) atoms. The first kappa shape index (κ1) is 13.6. The van der Waals surface area contributed by atoms with Crippen LogP contribution in [0.1, 0.15) is 0 Å². The summed E-state index contributed by atoms with van der Waals surface area (Å²) in [6.07, 6.45) is 0. The average Bonchev–Trinajstić information content (AvgIpc) is 2.17. The van der Waals surface area contributed by atoms with Gasteiger partial charge in [-0.1, -0.05) is 41.9 Å². The molecule has 0 saturated carbocycles. The van der Waals surface area contributed by atoms with Crippen molar-refractivity contribution in [2.45, 2.75) is 0 Å². The average molecular weight is 250 g/mol. The van der Waals surface area contributed by atoms with E-state index in [1.165, 1.54) is 6.07 Å². The van der Waals surface area contributed by atoms with E-state index in [0.717, 1.165) is 5.39 Å². The molecule has 0 aliphatic carbocycles. The Kier molecular flexibility index (Phi) is 5.22. The van der Waals surface area contributed by atoms with Crippen LogP contribution in [-0.4, -0.2) is 58.7 Å². The van der Waals surface area contributed by atoms with Gasteiger partial charge in [-0.05, 0) is 11.5 Å². The standard InChI is InChI=1S/C10H6BClF2.K/c12-9-6-2-4-7-3-1-5-8(10(7)9)11(13)14;/h1-6H;. The van der Waals surface area contributed by atoms with E-state index in [9.17, 15) is 8.63 Å². The summed E-state index contributed by atoms with van der Waals surface area (Å²) in [5.41, 5.74) is -0.00639. The zero-order valence-electron chi connectivity index (χ0n) is 8.18. The minimum Gasteiger partial charge on any atom is -0.281 e. The monoisotopic (exact) mass is 249 g/mol. The number of hydrogen-bond acceptors (Lipinski definition) is 0. The summed E-state index contributed by atoms with van der Waals surface area (Å²) in [5, 5.41) is 1.57. The molecule has 1 radical (unpaired) electrons. The van der Waals surface area contributed by atoms with Gasteiger partial charge in [0.25, 0.3) is 0 Å². The van der Waals surface area contributed by atoms with Gasteiger partial charge >= 0.3 is 7.27 Å². The minimum absolute atomic E-state index is 0. The molecule has 71 valence electrons. The molecular formula is C10H6BClF2K. The van der Waals surface area contributed by atoms with Crippen molar-refractivity contribution in [2.24, 2.45) is 0 Å². The Labute approximate surface area is 135 Å².